The van der Waals surface area contributed by atoms with E-state index in [0.717, 1.165) is 0 Å². The van der Waals surface area contributed by atoms with Gasteiger partial charge in [-0.2, -0.15) is 0 Å². The first-order valence-corrected chi connectivity index (χ1v) is 5.87. The summed E-state index contributed by atoms with van der Waals surface area (Å²) in [5.74, 6) is 0. The average molecular weight is 207 g/mol. The van der Waals surface area contributed by atoms with Crippen LogP contribution >= 0.6 is 21.8 Å². The van der Waals surface area contributed by atoms with Crippen LogP contribution < -0.4 is 0 Å². The molecule has 0 radical (unpaired) electrons. The molecule has 0 aliphatic heterocycles. The van der Waals surface area contributed by atoms with Crippen molar-refractivity contribution in [2.24, 2.45) is 0 Å². The van der Waals surface area contributed by atoms with Gasteiger partial charge in [-0.25, -0.2) is 0 Å². The first kappa shape index (κ1) is 10.3. The number of hydrogen-bond donors (Lipinski definition) is 0. The van der Waals surface area contributed by atoms with Crippen molar-refractivity contribution >= 4 is 21.8 Å². The monoisotopic (exact) mass is 207 g/mol. The molecule has 0 spiro atoms. The van der Waals surface area contributed by atoms with E-state index in [9.17, 15) is 0 Å². The fourth-order valence-corrected chi connectivity index (χ4v) is 0. The standard InChI is InChI=1S/Fe.Ni.3P. The predicted molar refractivity (Wildman–Crippen MR) is 20.8 cm³/mol. The van der Waals surface area contributed by atoms with Gasteiger partial charge < -0.3 is 0 Å². The molecule has 0 aliphatic rings. The van der Waals surface area contributed by atoms with Gasteiger partial charge in [-0.1, -0.05) is 0 Å². The van der Waals surface area contributed by atoms with E-state index in [4.69, 9.17) is 0 Å². The molecule has 5 heteroatoms. The summed E-state index contributed by atoms with van der Waals surface area (Å²) in [6.07, 6.45) is 0. The van der Waals surface area contributed by atoms with E-state index in [2.05, 4.69) is 21.8 Å². The number of rotatable bonds is 0. The third-order valence-corrected chi connectivity index (χ3v) is 0. The van der Waals surface area contributed by atoms with Crippen molar-refractivity contribution in [1.82, 2.24) is 0 Å². The Bertz CT molecular complexity index is 222. The van der Waals surface area contributed by atoms with Crippen LogP contribution in [0.25, 0.3) is 0 Å². The van der Waals surface area contributed by atoms with Gasteiger partial charge in [0.05, 0.1) is 0 Å². The SMILES string of the molecule is [Ni].[P]#[Fe](#[P])#[P]. The van der Waals surface area contributed by atoms with E-state index in [1.807, 2.05) is 0 Å². The van der Waals surface area contributed by atoms with Crippen LogP contribution in [0.3, 0.4) is 0 Å². The Hall–Kier alpha value is 2.30. The molecule has 0 rings (SSSR count). The van der Waals surface area contributed by atoms with E-state index in [-0.39, 0.29) is 16.5 Å². The van der Waals surface area contributed by atoms with Crippen molar-refractivity contribution in [3.63, 3.8) is 0 Å². The van der Waals surface area contributed by atoms with Crippen LogP contribution in [0, 0.1) is 0 Å². The summed E-state index contributed by atoms with van der Waals surface area (Å²) in [6.45, 7) is 0. The van der Waals surface area contributed by atoms with Gasteiger partial charge in [0.15, 0.2) is 0 Å². The summed E-state index contributed by atoms with van der Waals surface area (Å²) < 4.78 is 0. The Morgan fingerprint density at radius 2 is 1.00 bits per heavy atom. The first-order chi connectivity index (χ1) is 1.73. The molecule has 0 atom stereocenters. The first-order valence-electron chi connectivity index (χ1n) is 0.474. The van der Waals surface area contributed by atoms with Crippen LogP contribution in [0.1, 0.15) is 0 Å². The molecule has 33 valence electrons. The molecule has 0 saturated heterocycles. The van der Waals surface area contributed by atoms with Crippen LogP contribution in [0.5, 0.6) is 0 Å². The second-order valence-corrected chi connectivity index (χ2v) is 7.87. The Morgan fingerprint density at radius 3 is 1.00 bits per heavy atom. The fourth-order valence-electron chi connectivity index (χ4n) is 0. The molecule has 0 bridgehead atoms. The van der Waals surface area contributed by atoms with Gasteiger partial charge in [-0.15, -0.1) is 0 Å². The van der Waals surface area contributed by atoms with E-state index in [1.54, 1.807) is 0 Å². The van der Waals surface area contributed by atoms with E-state index in [1.165, 1.54) is 0 Å². The molecule has 0 aromatic heterocycles. The zero-order valence-electron chi connectivity index (χ0n) is 2.01. The fraction of sp³-hybridized carbons (Fsp3) is 0. The Balaban J connectivity index is 0. The van der Waals surface area contributed by atoms with Crippen molar-refractivity contribution in [3.8, 4) is 0 Å². The van der Waals surface area contributed by atoms with Crippen molar-refractivity contribution in [2.75, 3.05) is 0 Å². The molecular formula is FeNiP3. The van der Waals surface area contributed by atoms with E-state index >= 15 is 0 Å². The number of hydrogen-bond acceptors (Lipinski definition) is 0. The molecule has 0 N–H and O–H groups in total. The van der Waals surface area contributed by atoms with Gasteiger partial charge in [0.25, 0.3) is 0 Å². The molecule has 0 amide bonds. The Labute approximate surface area is 48.8 Å². The van der Waals surface area contributed by atoms with Crippen molar-refractivity contribution in [3.05, 3.63) is 0 Å². The summed E-state index contributed by atoms with van der Waals surface area (Å²) in [5, 5.41) is 0. The molecular weight excluding hydrogens is 207 g/mol. The second-order valence-electron chi connectivity index (χ2n) is 0.212. The molecule has 0 heterocycles. The molecule has 0 unspecified atom stereocenters. The second kappa shape index (κ2) is 6.30. The van der Waals surface area contributed by atoms with E-state index < -0.39 is 10.5 Å². The van der Waals surface area contributed by atoms with Crippen molar-refractivity contribution < 1.29 is 27.0 Å². The quantitative estimate of drug-likeness (QED) is 0.423. The van der Waals surface area contributed by atoms with Gasteiger partial charge in [0.2, 0.25) is 0 Å². The van der Waals surface area contributed by atoms with Crippen molar-refractivity contribution in [2.45, 2.75) is 0 Å². The molecule has 0 fully saturated rings. The predicted octanol–water partition coefficient (Wildman–Crippen LogP) is 2.58. The minimum absolute atomic E-state index is 0. The zero-order chi connectivity index (χ0) is 3.58. The Kier molecular flexibility index (Phi) is 13.0. The molecule has 0 aromatic rings. The zero-order valence-corrected chi connectivity index (χ0v) is 6.79. The maximum atomic E-state index is 3.78. The molecule has 0 nitrogen and oxygen atoms in total. The maximum absolute atomic E-state index is 3.78. The summed E-state index contributed by atoms with van der Waals surface area (Å²) in [7, 11) is 10.7. The molecule has 5 heavy (non-hydrogen) atoms. The summed E-state index contributed by atoms with van der Waals surface area (Å²) in [6, 6.07) is 0. The molecule has 0 saturated carbocycles. The van der Waals surface area contributed by atoms with Gasteiger partial charge >= 0.3 is 32.3 Å². The van der Waals surface area contributed by atoms with Crippen LogP contribution in [-0.4, -0.2) is 0 Å². The average Bonchev–Trinajstić information content (AvgIpc) is 0.811. The van der Waals surface area contributed by atoms with Crippen LogP contribution in [0.2, 0.25) is 0 Å². The Morgan fingerprint density at radius 1 is 1.00 bits per heavy atom. The van der Waals surface area contributed by atoms with Gasteiger partial charge in [0.1, 0.15) is 0 Å². The van der Waals surface area contributed by atoms with E-state index in [0.29, 0.717) is 0 Å². The van der Waals surface area contributed by atoms with Gasteiger partial charge in [0, 0.05) is 16.5 Å². The van der Waals surface area contributed by atoms with Crippen LogP contribution in [0.4, 0.5) is 0 Å². The van der Waals surface area contributed by atoms with Crippen molar-refractivity contribution in [1.29, 1.82) is 0 Å². The van der Waals surface area contributed by atoms with Gasteiger partial charge in [-0.3, -0.25) is 0 Å². The topological polar surface area (TPSA) is 0 Å². The van der Waals surface area contributed by atoms with Crippen LogP contribution in [0.15, 0.2) is 0 Å². The minimum atomic E-state index is -0.667. The third kappa shape index (κ3) is 22.0. The summed E-state index contributed by atoms with van der Waals surface area (Å²) in [4.78, 5) is 0. The summed E-state index contributed by atoms with van der Waals surface area (Å²) in [5.41, 5.74) is 0. The molecule has 0 aliphatic carbocycles. The van der Waals surface area contributed by atoms with Gasteiger partial charge in [-0.05, 0) is 0 Å². The molecule has 0 aromatic carbocycles. The summed E-state index contributed by atoms with van der Waals surface area (Å²) >= 11 is 0. The third-order valence-electron chi connectivity index (χ3n) is 0. The normalized spacial score (nSPS) is 4.20. The van der Waals surface area contributed by atoms with Crippen LogP contribution in [-0.2, 0) is 27.0 Å².